The Bertz CT molecular complexity index is 735. The van der Waals surface area contributed by atoms with E-state index < -0.39 is 4.92 Å². The molecule has 0 atom stereocenters. The van der Waals surface area contributed by atoms with Gasteiger partial charge in [0.1, 0.15) is 17.6 Å². The van der Waals surface area contributed by atoms with Gasteiger partial charge in [0.2, 0.25) is 5.75 Å². The van der Waals surface area contributed by atoms with Crippen molar-refractivity contribution in [2.45, 2.75) is 6.92 Å². The first-order valence-corrected chi connectivity index (χ1v) is 6.06. The van der Waals surface area contributed by atoms with Gasteiger partial charge in [-0.25, -0.2) is 0 Å². The molecule has 0 aliphatic rings. The Morgan fingerprint density at radius 1 is 1.19 bits per heavy atom. The van der Waals surface area contributed by atoms with E-state index in [1.165, 1.54) is 31.4 Å². The Kier molecular flexibility index (Phi) is 4.05. The van der Waals surface area contributed by atoms with Crippen molar-refractivity contribution in [2.24, 2.45) is 0 Å². The molecule has 0 N–H and O–H groups in total. The Labute approximate surface area is 121 Å². The zero-order valence-corrected chi connectivity index (χ0v) is 11.5. The molecule has 0 heterocycles. The third-order valence-corrected chi connectivity index (χ3v) is 2.84. The van der Waals surface area contributed by atoms with E-state index in [1.807, 2.05) is 6.07 Å². The number of rotatable bonds is 4. The summed E-state index contributed by atoms with van der Waals surface area (Å²) in [5, 5.41) is 20.2. The molecule has 6 nitrogen and oxygen atoms in total. The van der Waals surface area contributed by atoms with E-state index in [4.69, 9.17) is 14.7 Å². The second-order valence-electron chi connectivity index (χ2n) is 4.30. The lowest BCUT2D eigenvalue weighted by Gasteiger charge is -2.09. The molecule has 2 aromatic rings. The number of aryl methyl sites for hydroxylation is 1. The highest BCUT2D eigenvalue weighted by atomic mass is 16.6. The van der Waals surface area contributed by atoms with Crippen LogP contribution in [-0.4, -0.2) is 12.0 Å². The van der Waals surface area contributed by atoms with Crippen LogP contribution in [0.2, 0.25) is 0 Å². The van der Waals surface area contributed by atoms with Crippen LogP contribution in [-0.2, 0) is 0 Å². The standard InChI is InChI=1S/C15H12N2O4/c1-10-3-6-14(13(7-10)17(18)19)21-15-8-12(20-2)5-4-11(15)9-16/h3-8H,1-2H3. The quantitative estimate of drug-likeness (QED) is 0.632. The zero-order valence-electron chi connectivity index (χ0n) is 11.5. The van der Waals surface area contributed by atoms with E-state index in [2.05, 4.69) is 0 Å². The third-order valence-electron chi connectivity index (χ3n) is 2.84. The smallest absolute Gasteiger partial charge is 0.311 e. The Balaban J connectivity index is 2.47. The molecule has 2 rings (SSSR count). The molecule has 0 aromatic heterocycles. The van der Waals surface area contributed by atoms with Crippen molar-refractivity contribution >= 4 is 5.69 Å². The second kappa shape index (κ2) is 5.92. The lowest BCUT2D eigenvalue weighted by atomic mass is 10.2. The highest BCUT2D eigenvalue weighted by Gasteiger charge is 2.17. The Morgan fingerprint density at radius 2 is 1.95 bits per heavy atom. The van der Waals surface area contributed by atoms with Crippen molar-refractivity contribution in [1.29, 1.82) is 5.26 Å². The minimum absolute atomic E-state index is 0.0790. The predicted molar refractivity (Wildman–Crippen MR) is 75.6 cm³/mol. The summed E-state index contributed by atoms with van der Waals surface area (Å²) in [5.41, 5.74) is 0.868. The fourth-order valence-corrected chi connectivity index (χ4v) is 1.78. The first kappa shape index (κ1) is 14.3. The summed E-state index contributed by atoms with van der Waals surface area (Å²) < 4.78 is 10.6. The number of hydrogen-bond acceptors (Lipinski definition) is 5. The summed E-state index contributed by atoms with van der Waals surface area (Å²) in [5.74, 6) is 0.790. The van der Waals surface area contributed by atoms with Gasteiger partial charge in [-0.2, -0.15) is 5.26 Å². The summed E-state index contributed by atoms with van der Waals surface area (Å²) in [6.07, 6.45) is 0. The van der Waals surface area contributed by atoms with Gasteiger partial charge in [-0.15, -0.1) is 0 Å². The van der Waals surface area contributed by atoms with Crippen molar-refractivity contribution < 1.29 is 14.4 Å². The normalized spacial score (nSPS) is 9.76. The van der Waals surface area contributed by atoms with Gasteiger partial charge in [-0.05, 0) is 30.7 Å². The molecule has 0 fully saturated rings. The van der Waals surface area contributed by atoms with E-state index in [1.54, 1.807) is 19.1 Å². The molecule has 2 aromatic carbocycles. The minimum atomic E-state index is -0.519. The van der Waals surface area contributed by atoms with Gasteiger partial charge in [0.15, 0.2) is 0 Å². The third kappa shape index (κ3) is 3.09. The number of hydrogen-bond donors (Lipinski definition) is 0. The highest BCUT2D eigenvalue weighted by Crippen LogP contribution is 2.35. The van der Waals surface area contributed by atoms with Gasteiger partial charge in [-0.3, -0.25) is 10.1 Å². The van der Waals surface area contributed by atoms with Crippen molar-refractivity contribution in [3.8, 4) is 23.3 Å². The van der Waals surface area contributed by atoms with Crippen LogP contribution in [0.3, 0.4) is 0 Å². The molecule has 0 radical (unpaired) electrons. The monoisotopic (exact) mass is 284 g/mol. The highest BCUT2D eigenvalue weighted by molar-refractivity contribution is 5.54. The number of methoxy groups -OCH3 is 1. The first-order valence-electron chi connectivity index (χ1n) is 6.06. The van der Waals surface area contributed by atoms with Crippen molar-refractivity contribution in [3.05, 3.63) is 57.6 Å². The first-order chi connectivity index (χ1) is 10.0. The van der Waals surface area contributed by atoms with Gasteiger partial charge in [0.25, 0.3) is 0 Å². The molecular weight excluding hydrogens is 272 g/mol. The fraction of sp³-hybridized carbons (Fsp3) is 0.133. The molecule has 0 aliphatic carbocycles. The molecule has 6 heteroatoms. The maximum absolute atomic E-state index is 11.1. The zero-order chi connectivity index (χ0) is 15.4. The predicted octanol–water partition coefficient (Wildman–Crippen LogP) is 3.58. The van der Waals surface area contributed by atoms with E-state index in [-0.39, 0.29) is 22.7 Å². The van der Waals surface area contributed by atoms with Crippen LogP contribution < -0.4 is 9.47 Å². The molecule has 0 aliphatic heterocycles. The van der Waals surface area contributed by atoms with Crippen molar-refractivity contribution in [1.82, 2.24) is 0 Å². The minimum Gasteiger partial charge on any atom is -0.497 e. The second-order valence-corrected chi connectivity index (χ2v) is 4.30. The molecule has 0 amide bonds. The van der Waals surface area contributed by atoms with Gasteiger partial charge >= 0.3 is 5.69 Å². The van der Waals surface area contributed by atoms with Crippen LogP contribution in [0.15, 0.2) is 36.4 Å². The van der Waals surface area contributed by atoms with Crippen LogP contribution in [0.4, 0.5) is 5.69 Å². The number of nitro benzene ring substituents is 1. The molecule has 106 valence electrons. The fourth-order valence-electron chi connectivity index (χ4n) is 1.78. The molecule has 0 unspecified atom stereocenters. The number of nitrogens with zero attached hydrogens (tertiary/aromatic N) is 2. The van der Waals surface area contributed by atoms with E-state index in [0.29, 0.717) is 5.75 Å². The molecule has 0 saturated heterocycles. The van der Waals surface area contributed by atoms with Gasteiger partial charge < -0.3 is 9.47 Å². The Hall–Kier alpha value is -3.07. The van der Waals surface area contributed by atoms with E-state index in [9.17, 15) is 10.1 Å². The number of nitriles is 1. The molecule has 0 saturated carbocycles. The van der Waals surface area contributed by atoms with Crippen LogP contribution in [0.25, 0.3) is 0 Å². The van der Waals surface area contributed by atoms with Crippen molar-refractivity contribution in [2.75, 3.05) is 7.11 Å². The molecule has 0 bridgehead atoms. The molecular formula is C15H12N2O4. The number of ether oxygens (including phenoxy) is 2. The lowest BCUT2D eigenvalue weighted by molar-refractivity contribution is -0.385. The van der Waals surface area contributed by atoms with Crippen LogP contribution >= 0.6 is 0 Å². The van der Waals surface area contributed by atoms with Gasteiger partial charge in [0, 0.05) is 12.1 Å². The summed E-state index contributed by atoms with van der Waals surface area (Å²) in [4.78, 5) is 10.6. The topological polar surface area (TPSA) is 85.4 Å². The van der Waals surface area contributed by atoms with Gasteiger partial charge in [0.05, 0.1) is 17.6 Å². The molecule has 21 heavy (non-hydrogen) atoms. The van der Waals surface area contributed by atoms with Crippen LogP contribution in [0, 0.1) is 28.4 Å². The van der Waals surface area contributed by atoms with Crippen LogP contribution in [0.1, 0.15) is 11.1 Å². The van der Waals surface area contributed by atoms with Crippen molar-refractivity contribution in [3.63, 3.8) is 0 Å². The lowest BCUT2D eigenvalue weighted by Crippen LogP contribution is -1.96. The Morgan fingerprint density at radius 3 is 2.57 bits per heavy atom. The number of benzene rings is 2. The number of nitro groups is 1. The average molecular weight is 284 g/mol. The summed E-state index contributed by atoms with van der Waals surface area (Å²) >= 11 is 0. The molecule has 0 spiro atoms. The largest absolute Gasteiger partial charge is 0.497 e. The van der Waals surface area contributed by atoms with Crippen LogP contribution in [0.5, 0.6) is 17.2 Å². The summed E-state index contributed by atoms with van der Waals surface area (Å²) in [6, 6.07) is 11.3. The summed E-state index contributed by atoms with van der Waals surface area (Å²) in [7, 11) is 1.49. The maximum atomic E-state index is 11.1. The average Bonchev–Trinajstić information content (AvgIpc) is 2.48. The van der Waals surface area contributed by atoms with Gasteiger partial charge in [-0.1, -0.05) is 6.07 Å². The van der Waals surface area contributed by atoms with E-state index in [0.717, 1.165) is 5.56 Å². The SMILES string of the molecule is COc1ccc(C#N)c(Oc2ccc(C)cc2[N+](=O)[O-])c1. The summed E-state index contributed by atoms with van der Waals surface area (Å²) in [6.45, 7) is 1.75. The van der Waals surface area contributed by atoms with E-state index >= 15 is 0 Å². The maximum Gasteiger partial charge on any atom is 0.311 e.